The number of carbonyl (C=O) groups is 2. The Morgan fingerprint density at radius 3 is 2.52 bits per heavy atom. The first-order valence-electron chi connectivity index (χ1n) is 10.9. The topological polar surface area (TPSA) is 59.1 Å². The van der Waals surface area contributed by atoms with Crippen LogP contribution >= 0.6 is 0 Å². The summed E-state index contributed by atoms with van der Waals surface area (Å²) >= 11 is 0. The number of nitrogens with zero attached hydrogens (tertiary/aromatic N) is 4. The van der Waals surface area contributed by atoms with Gasteiger partial charge in [0, 0.05) is 25.8 Å². The molecule has 3 amide bonds. The van der Waals surface area contributed by atoms with Crippen molar-refractivity contribution in [1.82, 2.24) is 20.0 Å². The molecule has 3 aliphatic rings. The molecule has 3 aliphatic heterocycles. The van der Waals surface area contributed by atoms with E-state index in [1.807, 2.05) is 31.2 Å². The van der Waals surface area contributed by atoms with Gasteiger partial charge in [-0.1, -0.05) is 47.5 Å². The lowest BCUT2D eigenvalue weighted by molar-refractivity contribution is -0.139. The third-order valence-corrected chi connectivity index (χ3v) is 6.66. The highest BCUT2D eigenvalue weighted by Gasteiger charge is 2.56. The third kappa shape index (κ3) is 3.38. The van der Waals surface area contributed by atoms with E-state index in [9.17, 15) is 9.59 Å². The molecule has 0 spiro atoms. The fraction of sp³-hybridized carbons (Fsp3) is 0.417. The normalized spacial score (nSPS) is 26.3. The van der Waals surface area contributed by atoms with Crippen LogP contribution in [0.3, 0.4) is 0 Å². The molecule has 0 bridgehead atoms. The summed E-state index contributed by atoms with van der Waals surface area (Å²) in [4.78, 5) is 34.3. The van der Waals surface area contributed by atoms with Crippen molar-refractivity contribution in [1.29, 1.82) is 0 Å². The van der Waals surface area contributed by atoms with Crippen molar-refractivity contribution >= 4 is 17.6 Å². The number of hydrogen-bond acceptors (Lipinski definition) is 5. The summed E-state index contributed by atoms with van der Waals surface area (Å²) in [6.07, 6.45) is 0.535. The van der Waals surface area contributed by atoms with E-state index in [1.165, 1.54) is 10.5 Å². The minimum atomic E-state index is -0.384. The highest BCUT2D eigenvalue weighted by molar-refractivity contribution is 6.00. The second-order valence-corrected chi connectivity index (χ2v) is 8.86. The number of fused-ring (bicyclic) bond motifs is 3. The predicted octanol–water partition coefficient (Wildman–Crippen LogP) is 2.49. The number of amides is 3. The Hall–Kier alpha value is -2.90. The summed E-state index contributed by atoms with van der Waals surface area (Å²) in [7, 11) is 1.79. The number of urea groups is 1. The summed E-state index contributed by atoms with van der Waals surface area (Å²) in [5.41, 5.74) is 4.44. The molecule has 0 aliphatic carbocycles. The molecule has 3 unspecified atom stereocenters. The maximum atomic E-state index is 13.6. The van der Waals surface area contributed by atoms with Crippen LogP contribution < -0.4 is 10.2 Å². The summed E-state index contributed by atoms with van der Waals surface area (Å²) in [5, 5.41) is 3.57. The number of likely N-dealkylation sites (N-methyl/N-ethyl adjacent to an activating group) is 1. The van der Waals surface area contributed by atoms with Crippen LogP contribution in [-0.2, 0) is 11.3 Å². The Morgan fingerprint density at radius 1 is 1.00 bits per heavy atom. The van der Waals surface area contributed by atoms with Crippen molar-refractivity contribution in [2.75, 3.05) is 25.0 Å². The van der Waals surface area contributed by atoms with Crippen LogP contribution in [0, 0.1) is 13.8 Å². The van der Waals surface area contributed by atoms with Gasteiger partial charge in [-0.3, -0.25) is 19.9 Å². The Morgan fingerprint density at radius 2 is 1.77 bits per heavy atom. The summed E-state index contributed by atoms with van der Waals surface area (Å²) < 4.78 is 0. The van der Waals surface area contributed by atoms with E-state index in [2.05, 4.69) is 46.3 Å². The molecule has 7 heteroatoms. The second-order valence-electron chi connectivity index (χ2n) is 8.86. The first-order chi connectivity index (χ1) is 14.9. The van der Waals surface area contributed by atoms with E-state index < -0.39 is 0 Å². The van der Waals surface area contributed by atoms with Gasteiger partial charge in [0.05, 0.1) is 6.54 Å². The Kier molecular flexibility index (Phi) is 4.95. The quantitative estimate of drug-likeness (QED) is 0.828. The molecule has 2 aromatic carbocycles. The van der Waals surface area contributed by atoms with Gasteiger partial charge >= 0.3 is 6.03 Å². The zero-order valence-electron chi connectivity index (χ0n) is 18.3. The SMILES string of the molecule is Cc1ccc(N2CCCN3C4C(=O)N(Cc5cccc(C)c5)C(=O)N(C)C4NC23)cc1. The van der Waals surface area contributed by atoms with Crippen molar-refractivity contribution in [2.45, 2.75) is 45.3 Å². The molecule has 31 heavy (non-hydrogen) atoms. The molecule has 3 atom stereocenters. The molecule has 0 saturated carbocycles. The van der Waals surface area contributed by atoms with Crippen LogP contribution in [0.5, 0.6) is 0 Å². The van der Waals surface area contributed by atoms with Crippen molar-refractivity contribution in [3.05, 3.63) is 65.2 Å². The molecule has 3 saturated heterocycles. The molecule has 5 rings (SSSR count). The summed E-state index contributed by atoms with van der Waals surface area (Å²) in [5.74, 6) is -0.115. The van der Waals surface area contributed by atoms with Crippen LogP contribution in [0.1, 0.15) is 23.1 Å². The van der Waals surface area contributed by atoms with E-state index in [4.69, 9.17) is 0 Å². The van der Waals surface area contributed by atoms with Gasteiger partial charge in [-0.15, -0.1) is 0 Å². The summed E-state index contributed by atoms with van der Waals surface area (Å²) in [6, 6.07) is 15.8. The van der Waals surface area contributed by atoms with Crippen molar-refractivity contribution < 1.29 is 9.59 Å². The minimum absolute atomic E-state index is 0.107. The monoisotopic (exact) mass is 419 g/mol. The highest BCUT2D eigenvalue weighted by Crippen LogP contribution is 2.33. The molecule has 3 fully saturated rings. The fourth-order valence-corrected chi connectivity index (χ4v) is 5.06. The first kappa shape index (κ1) is 20.0. The van der Waals surface area contributed by atoms with Crippen molar-refractivity contribution in [2.24, 2.45) is 0 Å². The number of carbonyl (C=O) groups excluding carboxylic acids is 2. The molecule has 3 heterocycles. The Labute approximate surface area is 183 Å². The van der Waals surface area contributed by atoms with Crippen LogP contribution in [0.15, 0.2) is 48.5 Å². The lowest BCUT2D eigenvalue weighted by atomic mass is 10.1. The smallest absolute Gasteiger partial charge is 0.328 e. The maximum Gasteiger partial charge on any atom is 0.328 e. The number of imide groups is 1. The van der Waals surface area contributed by atoms with E-state index in [0.717, 1.165) is 36.3 Å². The molecular formula is C24H29N5O2. The number of anilines is 1. The van der Waals surface area contributed by atoms with E-state index >= 15 is 0 Å². The molecule has 1 N–H and O–H groups in total. The molecule has 162 valence electrons. The maximum absolute atomic E-state index is 13.6. The summed E-state index contributed by atoms with van der Waals surface area (Å²) in [6.45, 7) is 6.14. The number of benzene rings is 2. The van der Waals surface area contributed by atoms with Gasteiger partial charge in [-0.25, -0.2) is 4.79 Å². The average molecular weight is 420 g/mol. The van der Waals surface area contributed by atoms with Crippen LogP contribution in [0.25, 0.3) is 0 Å². The Balaban J connectivity index is 1.43. The zero-order valence-corrected chi connectivity index (χ0v) is 18.3. The van der Waals surface area contributed by atoms with Crippen LogP contribution in [-0.4, -0.2) is 65.3 Å². The van der Waals surface area contributed by atoms with Crippen LogP contribution in [0.4, 0.5) is 10.5 Å². The number of aryl methyl sites for hydroxylation is 2. The molecule has 7 nitrogen and oxygen atoms in total. The third-order valence-electron chi connectivity index (χ3n) is 6.66. The Bertz CT molecular complexity index is 1010. The van der Waals surface area contributed by atoms with Gasteiger partial charge in [-0.05, 0) is 38.0 Å². The van der Waals surface area contributed by atoms with Gasteiger partial charge in [0.25, 0.3) is 5.91 Å². The van der Waals surface area contributed by atoms with Gasteiger partial charge in [0.1, 0.15) is 18.5 Å². The van der Waals surface area contributed by atoms with E-state index in [0.29, 0.717) is 6.54 Å². The van der Waals surface area contributed by atoms with Crippen LogP contribution in [0.2, 0.25) is 0 Å². The lowest BCUT2D eigenvalue weighted by Gasteiger charge is -2.44. The van der Waals surface area contributed by atoms with Crippen molar-refractivity contribution in [3.8, 4) is 0 Å². The van der Waals surface area contributed by atoms with Gasteiger partial charge in [0.15, 0.2) is 0 Å². The van der Waals surface area contributed by atoms with Gasteiger partial charge in [0.2, 0.25) is 0 Å². The largest absolute Gasteiger partial charge is 0.343 e. The second kappa shape index (κ2) is 7.66. The number of rotatable bonds is 3. The minimum Gasteiger partial charge on any atom is -0.343 e. The average Bonchev–Trinajstić information content (AvgIpc) is 3.16. The predicted molar refractivity (Wildman–Crippen MR) is 119 cm³/mol. The molecule has 0 aromatic heterocycles. The van der Waals surface area contributed by atoms with Gasteiger partial charge in [-0.2, -0.15) is 0 Å². The fourth-order valence-electron chi connectivity index (χ4n) is 5.06. The highest BCUT2D eigenvalue weighted by atomic mass is 16.2. The number of nitrogens with one attached hydrogen (secondary N) is 1. The van der Waals surface area contributed by atoms with Gasteiger partial charge < -0.3 is 9.80 Å². The molecule has 2 aromatic rings. The standard InChI is InChI=1S/C24H29N5O2/c1-16-8-10-19(11-9-16)27-12-5-13-28-20-21(25-23(27)28)26(3)24(31)29(22(20)30)15-18-7-4-6-17(2)14-18/h4,6-11,14,20-21,23,25H,5,12-13,15H2,1-3H3. The molecule has 0 radical (unpaired) electrons. The number of hydrogen-bond donors (Lipinski definition) is 1. The van der Waals surface area contributed by atoms with Crippen molar-refractivity contribution in [3.63, 3.8) is 0 Å². The van der Waals surface area contributed by atoms with E-state index in [-0.39, 0.29) is 30.4 Å². The lowest BCUT2D eigenvalue weighted by Crippen LogP contribution is -2.66. The first-order valence-corrected chi connectivity index (χ1v) is 10.9. The molecular weight excluding hydrogens is 390 g/mol. The van der Waals surface area contributed by atoms with E-state index in [1.54, 1.807) is 11.9 Å². The zero-order chi connectivity index (χ0) is 21.7.